The van der Waals surface area contributed by atoms with Crippen LogP contribution in [0.2, 0.25) is 0 Å². The van der Waals surface area contributed by atoms with Gasteiger partial charge in [-0.15, -0.1) is 0 Å². The summed E-state index contributed by atoms with van der Waals surface area (Å²) >= 11 is 0. The Labute approximate surface area is 184 Å². The van der Waals surface area contributed by atoms with E-state index in [0.717, 1.165) is 76.0 Å². The molecule has 0 bridgehead atoms. The van der Waals surface area contributed by atoms with Crippen LogP contribution in [0.5, 0.6) is 0 Å². The van der Waals surface area contributed by atoms with E-state index in [-0.39, 0.29) is 23.2 Å². The van der Waals surface area contributed by atoms with Gasteiger partial charge < -0.3 is 19.4 Å². The van der Waals surface area contributed by atoms with Crippen LogP contribution in [0.4, 0.5) is 14.9 Å². The van der Waals surface area contributed by atoms with Crippen LogP contribution in [-0.4, -0.2) is 67.2 Å². The monoisotopic (exact) mass is 431 g/mol. The van der Waals surface area contributed by atoms with Crippen molar-refractivity contribution in [1.29, 1.82) is 0 Å². The van der Waals surface area contributed by atoms with Gasteiger partial charge in [0.1, 0.15) is 5.82 Å². The summed E-state index contributed by atoms with van der Waals surface area (Å²) in [5.74, 6) is -0.207. The second-order valence-electron chi connectivity index (χ2n) is 9.21. The van der Waals surface area contributed by atoms with Crippen molar-refractivity contribution < 1.29 is 18.7 Å². The van der Waals surface area contributed by atoms with Crippen molar-refractivity contribution in [3.8, 4) is 0 Å². The van der Waals surface area contributed by atoms with Crippen LogP contribution in [0.3, 0.4) is 0 Å². The van der Waals surface area contributed by atoms with Crippen molar-refractivity contribution in [2.45, 2.75) is 63.8 Å². The molecule has 2 saturated heterocycles. The summed E-state index contributed by atoms with van der Waals surface area (Å²) in [6.07, 6.45) is 5.73. The Morgan fingerprint density at radius 3 is 2.74 bits per heavy atom. The molecule has 6 nitrogen and oxygen atoms in total. The molecule has 0 aliphatic carbocycles. The molecule has 31 heavy (non-hydrogen) atoms. The van der Waals surface area contributed by atoms with Gasteiger partial charge in [0.15, 0.2) is 0 Å². The van der Waals surface area contributed by atoms with Gasteiger partial charge in [-0.05, 0) is 82.3 Å². The number of fused-ring (bicyclic) bond motifs is 2. The van der Waals surface area contributed by atoms with Crippen molar-refractivity contribution in [3.05, 3.63) is 29.6 Å². The minimum atomic E-state index is -0.229. The molecule has 4 rings (SSSR count). The van der Waals surface area contributed by atoms with Gasteiger partial charge in [0.25, 0.3) is 0 Å². The van der Waals surface area contributed by atoms with Crippen LogP contribution in [0.15, 0.2) is 18.2 Å². The van der Waals surface area contributed by atoms with E-state index in [9.17, 15) is 14.0 Å². The van der Waals surface area contributed by atoms with E-state index >= 15 is 0 Å². The third-order valence-corrected chi connectivity index (χ3v) is 7.38. The molecular formula is C24H34FN3O3. The van der Waals surface area contributed by atoms with Gasteiger partial charge in [0.2, 0.25) is 5.91 Å². The van der Waals surface area contributed by atoms with Gasteiger partial charge in [-0.2, -0.15) is 0 Å². The second kappa shape index (κ2) is 9.15. The minimum Gasteiger partial charge on any atom is -0.450 e. The molecule has 7 heteroatoms. The van der Waals surface area contributed by atoms with E-state index in [1.165, 1.54) is 6.07 Å². The summed E-state index contributed by atoms with van der Waals surface area (Å²) in [5, 5.41) is 0. The third kappa shape index (κ3) is 4.43. The molecule has 2 atom stereocenters. The molecule has 1 aromatic carbocycles. The highest BCUT2D eigenvalue weighted by atomic mass is 19.1. The Morgan fingerprint density at radius 2 is 1.97 bits per heavy atom. The molecule has 2 unspecified atom stereocenters. The SMILES string of the molecule is CCOC(=O)N1CCCC(N2CCCC3(CC2)CN(C(C)=O)c2ccc(F)cc23)CC1. The van der Waals surface area contributed by atoms with Gasteiger partial charge >= 0.3 is 6.09 Å². The van der Waals surface area contributed by atoms with E-state index in [4.69, 9.17) is 4.74 Å². The van der Waals surface area contributed by atoms with Gasteiger partial charge in [-0.3, -0.25) is 4.79 Å². The lowest BCUT2D eigenvalue weighted by molar-refractivity contribution is -0.116. The number of amides is 2. The highest BCUT2D eigenvalue weighted by Crippen LogP contribution is 2.47. The van der Waals surface area contributed by atoms with Crippen LogP contribution in [-0.2, 0) is 14.9 Å². The first-order valence-corrected chi connectivity index (χ1v) is 11.7. The van der Waals surface area contributed by atoms with Crippen molar-refractivity contribution in [3.63, 3.8) is 0 Å². The summed E-state index contributed by atoms with van der Waals surface area (Å²) in [6.45, 7) is 7.93. The molecule has 0 radical (unpaired) electrons. The van der Waals surface area contributed by atoms with E-state index < -0.39 is 0 Å². The predicted molar refractivity (Wildman–Crippen MR) is 118 cm³/mol. The smallest absolute Gasteiger partial charge is 0.409 e. The molecule has 0 saturated carbocycles. The highest BCUT2D eigenvalue weighted by Gasteiger charge is 2.45. The highest BCUT2D eigenvalue weighted by molar-refractivity contribution is 5.94. The molecule has 3 heterocycles. The van der Waals surface area contributed by atoms with Gasteiger partial charge in [-0.25, -0.2) is 9.18 Å². The van der Waals surface area contributed by atoms with Gasteiger partial charge in [-0.1, -0.05) is 0 Å². The Morgan fingerprint density at radius 1 is 1.13 bits per heavy atom. The maximum atomic E-state index is 14.1. The van der Waals surface area contributed by atoms with Crippen molar-refractivity contribution in [2.24, 2.45) is 0 Å². The number of likely N-dealkylation sites (tertiary alicyclic amines) is 2. The van der Waals surface area contributed by atoms with Gasteiger partial charge in [0.05, 0.1) is 6.61 Å². The van der Waals surface area contributed by atoms with Crippen molar-refractivity contribution in [1.82, 2.24) is 9.80 Å². The Kier molecular flexibility index (Phi) is 6.51. The summed E-state index contributed by atoms with van der Waals surface area (Å²) in [6, 6.07) is 5.32. The molecule has 1 aromatic rings. The first-order chi connectivity index (χ1) is 14.9. The molecule has 170 valence electrons. The molecule has 2 fully saturated rings. The number of anilines is 1. The first kappa shape index (κ1) is 22.1. The van der Waals surface area contributed by atoms with Crippen LogP contribution in [0, 0.1) is 5.82 Å². The number of carbonyl (C=O) groups is 2. The normalized spacial score (nSPS) is 27.0. The summed E-state index contributed by atoms with van der Waals surface area (Å²) in [7, 11) is 0. The fraction of sp³-hybridized carbons (Fsp3) is 0.667. The summed E-state index contributed by atoms with van der Waals surface area (Å²) < 4.78 is 19.3. The number of benzene rings is 1. The average Bonchev–Trinajstić information content (AvgIpc) is 2.93. The lowest BCUT2D eigenvalue weighted by Gasteiger charge is -2.32. The molecule has 3 aliphatic rings. The van der Waals surface area contributed by atoms with E-state index in [0.29, 0.717) is 19.2 Å². The predicted octanol–water partition coefficient (Wildman–Crippen LogP) is 3.93. The third-order valence-electron chi connectivity index (χ3n) is 7.38. The lowest BCUT2D eigenvalue weighted by atomic mass is 9.76. The molecule has 0 aromatic heterocycles. The van der Waals surface area contributed by atoms with E-state index in [2.05, 4.69) is 4.90 Å². The van der Waals surface area contributed by atoms with Crippen LogP contribution < -0.4 is 4.90 Å². The van der Waals surface area contributed by atoms with Crippen LogP contribution >= 0.6 is 0 Å². The van der Waals surface area contributed by atoms with E-state index in [1.807, 2.05) is 16.7 Å². The quantitative estimate of drug-likeness (QED) is 0.712. The maximum Gasteiger partial charge on any atom is 0.409 e. The number of halogens is 1. The summed E-state index contributed by atoms with van der Waals surface area (Å²) in [4.78, 5) is 30.6. The Balaban J connectivity index is 1.46. The summed E-state index contributed by atoms with van der Waals surface area (Å²) in [5.41, 5.74) is 1.71. The fourth-order valence-corrected chi connectivity index (χ4v) is 5.77. The van der Waals surface area contributed by atoms with Crippen molar-refractivity contribution >= 4 is 17.7 Å². The largest absolute Gasteiger partial charge is 0.450 e. The van der Waals surface area contributed by atoms with Crippen LogP contribution in [0.1, 0.15) is 57.9 Å². The van der Waals surface area contributed by atoms with E-state index in [1.54, 1.807) is 19.1 Å². The van der Waals surface area contributed by atoms with Crippen LogP contribution in [0.25, 0.3) is 0 Å². The maximum absolute atomic E-state index is 14.1. The molecule has 0 N–H and O–H groups in total. The zero-order chi connectivity index (χ0) is 22.0. The fourth-order valence-electron chi connectivity index (χ4n) is 5.77. The average molecular weight is 432 g/mol. The molecule has 1 spiro atoms. The van der Waals surface area contributed by atoms with Gasteiger partial charge in [0, 0.05) is 43.7 Å². The minimum absolute atomic E-state index is 0.0219. The number of carbonyl (C=O) groups excluding carboxylic acids is 2. The molecule has 2 amide bonds. The zero-order valence-electron chi connectivity index (χ0n) is 18.7. The number of hydrogen-bond acceptors (Lipinski definition) is 4. The number of nitrogens with zero attached hydrogens (tertiary/aromatic N) is 3. The molecular weight excluding hydrogens is 397 g/mol. The number of hydrogen-bond donors (Lipinski definition) is 0. The second-order valence-corrected chi connectivity index (χ2v) is 9.21. The van der Waals surface area contributed by atoms with Crippen molar-refractivity contribution in [2.75, 3.05) is 44.2 Å². The standard InChI is InChI=1S/C24H34FN3O3/c1-3-31-23(30)27-12-4-6-20(9-14-27)26-13-5-10-24(11-15-26)17-28(18(2)29)22-8-7-19(25)16-21(22)24/h7-8,16,20H,3-6,9-15,17H2,1-2H3. The number of rotatable bonds is 2. The first-order valence-electron chi connectivity index (χ1n) is 11.7. The number of ether oxygens (including phenoxy) is 1. The Hall–Kier alpha value is -2.15. The Bertz CT molecular complexity index is 832. The molecule has 3 aliphatic heterocycles. The topological polar surface area (TPSA) is 53.1 Å². The zero-order valence-corrected chi connectivity index (χ0v) is 18.7. The lowest BCUT2D eigenvalue weighted by Crippen LogP contribution is -2.39.